The van der Waals surface area contributed by atoms with E-state index in [4.69, 9.17) is 0 Å². The van der Waals surface area contributed by atoms with Crippen molar-refractivity contribution in [2.24, 2.45) is 0 Å². The quantitative estimate of drug-likeness (QED) is 0.606. The van der Waals surface area contributed by atoms with E-state index in [1.54, 1.807) is 17.0 Å². The normalized spacial score (nSPS) is 13.8. The van der Waals surface area contributed by atoms with Gasteiger partial charge in [0.05, 0.1) is 11.3 Å². The van der Waals surface area contributed by atoms with Gasteiger partial charge in [0.2, 0.25) is 0 Å². The fourth-order valence-corrected chi connectivity index (χ4v) is 3.61. The number of benzene rings is 3. The summed E-state index contributed by atoms with van der Waals surface area (Å²) in [5.74, 6) is -0.649. The van der Waals surface area contributed by atoms with Gasteiger partial charge in [-0.25, -0.2) is 4.90 Å². The van der Waals surface area contributed by atoms with Crippen molar-refractivity contribution in [2.45, 2.75) is 0 Å². The van der Waals surface area contributed by atoms with Gasteiger partial charge in [-0.15, -0.1) is 0 Å². The minimum absolute atomic E-state index is 0.318. The van der Waals surface area contributed by atoms with E-state index in [2.05, 4.69) is 0 Å². The zero-order valence-corrected chi connectivity index (χ0v) is 17.2. The molecule has 0 fully saturated rings. The summed E-state index contributed by atoms with van der Waals surface area (Å²) in [6.07, 6.45) is 0. The van der Waals surface area contributed by atoms with Gasteiger partial charge in [0.15, 0.2) is 0 Å². The first-order valence-corrected chi connectivity index (χ1v) is 9.73. The molecular weight excluding hydrogens is 374 g/mol. The topological polar surface area (TPSA) is 43.9 Å². The van der Waals surface area contributed by atoms with Crippen molar-refractivity contribution in [3.8, 4) is 0 Å². The molecule has 3 aromatic carbocycles. The molecule has 0 bridgehead atoms. The molecule has 2 amide bonds. The van der Waals surface area contributed by atoms with Gasteiger partial charge < -0.3 is 9.80 Å². The second-order valence-electron chi connectivity index (χ2n) is 7.34. The van der Waals surface area contributed by atoms with Gasteiger partial charge in [-0.2, -0.15) is 0 Å². The molecule has 0 spiro atoms. The Labute approximate surface area is 176 Å². The van der Waals surface area contributed by atoms with Crippen molar-refractivity contribution < 1.29 is 9.59 Å². The number of anilines is 3. The molecule has 1 aliphatic rings. The molecule has 1 aliphatic heterocycles. The lowest BCUT2D eigenvalue weighted by molar-refractivity contribution is -0.120. The van der Waals surface area contributed by atoms with Crippen LogP contribution in [0.25, 0.3) is 5.57 Å². The maximum Gasteiger partial charge on any atom is 0.282 e. The zero-order valence-electron chi connectivity index (χ0n) is 17.2. The maximum atomic E-state index is 13.5. The average Bonchev–Trinajstić information content (AvgIpc) is 3.04. The van der Waals surface area contributed by atoms with Gasteiger partial charge in [-0.1, -0.05) is 48.5 Å². The second kappa shape index (κ2) is 7.87. The Morgan fingerprint density at radius 2 is 1.20 bits per heavy atom. The largest absolute Gasteiger partial charge is 0.378 e. The van der Waals surface area contributed by atoms with E-state index >= 15 is 0 Å². The highest BCUT2D eigenvalue weighted by Crippen LogP contribution is 2.36. The summed E-state index contributed by atoms with van der Waals surface area (Å²) in [4.78, 5) is 32.0. The molecule has 30 heavy (non-hydrogen) atoms. The fraction of sp³-hybridized carbons (Fsp3) is 0.120. The summed E-state index contributed by atoms with van der Waals surface area (Å²) < 4.78 is 0. The molecule has 0 aliphatic carbocycles. The van der Waals surface area contributed by atoms with E-state index in [0.29, 0.717) is 17.0 Å². The van der Waals surface area contributed by atoms with Crippen LogP contribution in [0.5, 0.6) is 0 Å². The summed E-state index contributed by atoms with van der Waals surface area (Å²) in [6.45, 7) is 0. The lowest BCUT2D eigenvalue weighted by atomic mass is 10.0. The number of hydrogen-bond acceptors (Lipinski definition) is 4. The molecule has 0 saturated heterocycles. The van der Waals surface area contributed by atoms with Crippen molar-refractivity contribution >= 4 is 34.4 Å². The van der Waals surface area contributed by atoms with Crippen LogP contribution >= 0.6 is 0 Å². The average molecular weight is 397 g/mol. The van der Waals surface area contributed by atoms with E-state index in [9.17, 15) is 9.59 Å². The number of likely N-dealkylation sites (N-methyl/N-ethyl adjacent to an activating group) is 1. The second-order valence-corrected chi connectivity index (χ2v) is 7.34. The van der Waals surface area contributed by atoms with Crippen LogP contribution in [0.2, 0.25) is 0 Å². The van der Waals surface area contributed by atoms with Gasteiger partial charge in [0, 0.05) is 32.5 Å². The van der Waals surface area contributed by atoms with Crippen LogP contribution in [-0.2, 0) is 9.59 Å². The van der Waals surface area contributed by atoms with E-state index in [-0.39, 0.29) is 11.8 Å². The number of rotatable bonds is 5. The molecule has 0 atom stereocenters. The van der Waals surface area contributed by atoms with Crippen molar-refractivity contribution in [3.63, 3.8) is 0 Å². The SMILES string of the molecule is CN(C)c1ccc(N2C(=O)C(c3ccccc3)=C(N(C)c3ccccc3)C2=O)cc1. The van der Waals surface area contributed by atoms with E-state index in [1.165, 1.54) is 4.90 Å². The van der Waals surface area contributed by atoms with Crippen LogP contribution < -0.4 is 14.7 Å². The van der Waals surface area contributed by atoms with Crippen LogP contribution in [0, 0.1) is 0 Å². The summed E-state index contributed by atoms with van der Waals surface area (Å²) in [7, 11) is 5.71. The zero-order chi connectivity index (χ0) is 21.3. The number of hydrogen-bond donors (Lipinski definition) is 0. The Hall–Kier alpha value is -3.86. The molecule has 5 heteroatoms. The maximum absolute atomic E-state index is 13.5. The Kier molecular flexibility index (Phi) is 5.11. The third-order valence-electron chi connectivity index (χ3n) is 5.23. The van der Waals surface area contributed by atoms with Crippen molar-refractivity contribution in [1.82, 2.24) is 0 Å². The molecular formula is C25H23N3O2. The standard InChI is InChI=1S/C25H23N3O2/c1-26(2)19-14-16-21(17-15-19)28-24(29)22(18-10-6-4-7-11-18)23(25(28)30)27(3)20-12-8-5-9-13-20/h4-17H,1-3H3. The smallest absolute Gasteiger partial charge is 0.282 e. The first-order valence-electron chi connectivity index (χ1n) is 9.73. The first kappa shape index (κ1) is 19.5. The van der Waals surface area contributed by atoms with Gasteiger partial charge in [-0.05, 0) is 42.0 Å². The lowest BCUT2D eigenvalue weighted by Crippen LogP contribution is -2.34. The third-order valence-corrected chi connectivity index (χ3v) is 5.23. The van der Waals surface area contributed by atoms with Crippen molar-refractivity contribution in [3.05, 3.63) is 96.2 Å². The number of imide groups is 1. The third kappa shape index (κ3) is 3.35. The number of carbonyl (C=O) groups excluding carboxylic acids is 2. The summed E-state index contributed by atoms with van der Waals surface area (Å²) in [6, 6.07) is 26.3. The Bertz CT molecular complexity index is 1100. The minimum atomic E-state index is -0.331. The Balaban J connectivity index is 1.82. The Morgan fingerprint density at radius 3 is 1.77 bits per heavy atom. The lowest BCUT2D eigenvalue weighted by Gasteiger charge is -2.22. The molecule has 0 radical (unpaired) electrons. The van der Waals surface area contributed by atoms with Crippen LogP contribution in [0.4, 0.5) is 17.1 Å². The summed E-state index contributed by atoms with van der Waals surface area (Å²) in [5.41, 5.74) is 3.89. The highest BCUT2D eigenvalue weighted by atomic mass is 16.2. The van der Waals surface area contributed by atoms with E-state index in [1.807, 2.05) is 98.8 Å². The predicted molar refractivity (Wildman–Crippen MR) is 121 cm³/mol. The predicted octanol–water partition coefficient (Wildman–Crippen LogP) is 4.17. The van der Waals surface area contributed by atoms with Crippen LogP contribution in [0.1, 0.15) is 5.56 Å². The van der Waals surface area contributed by atoms with Crippen molar-refractivity contribution in [2.75, 3.05) is 35.8 Å². The van der Waals surface area contributed by atoms with Gasteiger partial charge in [-0.3, -0.25) is 9.59 Å². The van der Waals surface area contributed by atoms with Gasteiger partial charge in [0.1, 0.15) is 5.70 Å². The molecule has 0 unspecified atom stereocenters. The Morgan fingerprint density at radius 1 is 0.633 bits per heavy atom. The molecule has 1 heterocycles. The summed E-state index contributed by atoms with van der Waals surface area (Å²) >= 11 is 0. The number of nitrogens with zero attached hydrogens (tertiary/aromatic N) is 3. The van der Waals surface area contributed by atoms with Gasteiger partial charge in [0.25, 0.3) is 11.8 Å². The number of para-hydroxylation sites is 1. The van der Waals surface area contributed by atoms with Crippen LogP contribution in [0.3, 0.4) is 0 Å². The molecule has 150 valence electrons. The molecule has 3 aromatic rings. The molecule has 5 nitrogen and oxygen atoms in total. The fourth-order valence-electron chi connectivity index (χ4n) is 3.61. The number of carbonyl (C=O) groups is 2. The first-order chi connectivity index (χ1) is 14.5. The van der Waals surface area contributed by atoms with Crippen molar-refractivity contribution in [1.29, 1.82) is 0 Å². The number of amides is 2. The highest BCUT2D eigenvalue weighted by molar-refractivity contribution is 6.46. The highest BCUT2D eigenvalue weighted by Gasteiger charge is 2.42. The minimum Gasteiger partial charge on any atom is -0.378 e. The van der Waals surface area contributed by atoms with E-state index in [0.717, 1.165) is 16.9 Å². The monoisotopic (exact) mass is 397 g/mol. The molecule has 0 aromatic heterocycles. The van der Waals surface area contributed by atoms with Gasteiger partial charge >= 0.3 is 0 Å². The molecule has 0 saturated carbocycles. The van der Waals surface area contributed by atoms with Crippen LogP contribution in [0.15, 0.2) is 90.6 Å². The van der Waals surface area contributed by atoms with Crippen LogP contribution in [-0.4, -0.2) is 33.0 Å². The summed E-state index contributed by atoms with van der Waals surface area (Å²) in [5, 5.41) is 0. The molecule has 4 rings (SSSR count). The van der Waals surface area contributed by atoms with E-state index < -0.39 is 0 Å². The molecule has 0 N–H and O–H groups in total.